The minimum atomic E-state index is -5.44. The van der Waals surface area contributed by atoms with Crippen LogP contribution in [0.15, 0.2) is 48.1 Å². The summed E-state index contributed by atoms with van der Waals surface area (Å²) in [4.78, 5) is 1.56. The maximum absolute atomic E-state index is 15.9. The van der Waals surface area contributed by atoms with Gasteiger partial charge in [-0.25, -0.2) is 9.48 Å². The van der Waals surface area contributed by atoms with Crippen molar-refractivity contribution in [2.45, 2.75) is 85.2 Å². The molecular formula is C30H38F5N2+. The van der Waals surface area contributed by atoms with Gasteiger partial charge >= 0.3 is 12.0 Å². The third-order valence-electron chi connectivity index (χ3n) is 6.92. The first-order valence-corrected chi connectivity index (χ1v) is 13.0. The summed E-state index contributed by atoms with van der Waals surface area (Å²) in [6.07, 6.45) is -5.44. The molecule has 0 atom stereocenters. The second-order valence-electron chi connectivity index (χ2n) is 10.9. The number of amidine groups is 1. The van der Waals surface area contributed by atoms with Gasteiger partial charge in [-0.1, -0.05) is 91.8 Å². The van der Waals surface area contributed by atoms with Gasteiger partial charge in [0.2, 0.25) is 5.83 Å². The summed E-state index contributed by atoms with van der Waals surface area (Å²) in [6.45, 7) is 16.4. The Labute approximate surface area is 217 Å². The molecule has 7 heteroatoms. The van der Waals surface area contributed by atoms with E-state index in [1.165, 1.54) is 0 Å². The third-order valence-corrected chi connectivity index (χ3v) is 6.92. The summed E-state index contributed by atoms with van der Waals surface area (Å²) in [5.41, 5.74) is 4.84. The highest BCUT2D eigenvalue weighted by Crippen LogP contribution is 2.42. The van der Waals surface area contributed by atoms with Crippen LogP contribution >= 0.6 is 0 Å². The van der Waals surface area contributed by atoms with E-state index in [0.29, 0.717) is 11.4 Å². The van der Waals surface area contributed by atoms with E-state index in [1.807, 2.05) is 91.8 Å². The minimum absolute atomic E-state index is 0.0256. The number of benzene rings is 2. The Morgan fingerprint density at radius 3 is 1.51 bits per heavy atom. The fraction of sp³-hybridized carbons (Fsp3) is 0.500. The zero-order valence-electron chi connectivity index (χ0n) is 23.0. The maximum Gasteiger partial charge on any atom is 0.446 e. The Morgan fingerprint density at radius 1 is 0.730 bits per heavy atom. The van der Waals surface area contributed by atoms with Gasteiger partial charge < -0.3 is 0 Å². The monoisotopic (exact) mass is 521 g/mol. The summed E-state index contributed by atoms with van der Waals surface area (Å²) in [6, 6.07) is 11.5. The SMILES string of the molecule is CC(C)c1cccc(C(C)C)c1N1CC[N+](c2c(C(C)C)cccc2C(C)C)=C1/C(F)=C(\F)C(F)(F)F. The van der Waals surface area contributed by atoms with Crippen LogP contribution in [0.3, 0.4) is 0 Å². The van der Waals surface area contributed by atoms with Crippen LogP contribution in [0.4, 0.5) is 33.3 Å². The number of hydrogen-bond donors (Lipinski definition) is 0. The Kier molecular flexibility index (Phi) is 8.55. The predicted octanol–water partition coefficient (Wildman–Crippen LogP) is 9.46. The number of hydrogen-bond acceptors (Lipinski definition) is 1. The highest BCUT2D eigenvalue weighted by molar-refractivity contribution is 6.07. The first-order valence-electron chi connectivity index (χ1n) is 13.0. The summed E-state index contributed by atoms with van der Waals surface area (Å²) < 4.78 is 72.7. The highest BCUT2D eigenvalue weighted by Gasteiger charge is 2.47. The molecule has 0 aromatic heterocycles. The van der Waals surface area contributed by atoms with Crippen molar-refractivity contribution in [2.75, 3.05) is 18.0 Å². The lowest BCUT2D eigenvalue weighted by Crippen LogP contribution is -2.33. The fourth-order valence-electron chi connectivity index (χ4n) is 5.10. The number of allylic oxidation sites excluding steroid dienone is 1. The number of halogens is 5. The quantitative estimate of drug-likeness (QED) is 0.260. The van der Waals surface area contributed by atoms with E-state index in [0.717, 1.165) is 22.3 Å². The van der Waals surface area contributed by atoms with Gasteiger partial charge in [0, 0.05) is 22.3 Å². The number of anilines is 1. The summed E-state index contributed by atoms with van der Waals surface area (Å²) in [5.74, 6) is -4.88. The van der Waals surface area contributed by atoms with E-state index >= 15 is 4.39 Å². The standard InChI is InChI=1S/C30H38F5N2/c1-17(2)21-11-9-12-22(18(3)4)26(21)36-15-16-37(29(36)25(31)28(32)30(33,34)35)27-23(19(5)6)13-10-14-24(27)20(7)8/h9-14,17-20H,15-16H2,1-8H3/q+1/b28-25+. The van der Waals surface area contributed by atoms with Crippen LogP contribution in [0.2, 0.25) is 0 Å². The van der Waals surface area contributed by atoms with Crippen molar-refractivity contribution in [3.8, 4) is 0 Å². The lowest BCUT2D eigenvalue weighted by atomic mass is 9.91. The van der Waals surface area contributed by atoms with Crippen molar-refractivity contribution in [2.24, 2.45) is 0 Å². The average Bonchev–Trinajstić information content (AvgIpc) is 3.25. The van der Waals surface area contributed by atoms with Crippen LogP contribution in [-0.2, 0) is 0 Å². The van der Waals surface area contributed by atoms with E-state index in [2.05, 4.69) is 0 Å². The number of rotatable bonds is 7. The van der Waals surface area contributed by atoms with Crippen molar-refractivity contribution in [1.29, 1.82) is 0 Å². The summed E-state index contributed by atoms with van der Waals surface area (Å²) in [7, 11) is 0. The molecule has 2 aromatic carbocycles. The molecule has 1 aliphatic rings. The number of nitrogens with zero attached hydrogens (tertiary/aromatic N) is 2. The van der Waals surface area contributed by atoms with Gasteiger partial charge in [0.05, 0.1) is 0 Å². The molecule has 0 amide bonds. The molecule has 0 radical (unpaired) electrons. The molecule has 0 saturated carbocycles. The Hall–Kier alpha value is -2.70. The van der Waals surface area contributed by atoms with Gasteiger partial charge in [-0.2, -0.15) is 22.0 Å². The molecule has 1 heterocycles. The molecule has 0 N–H and O–H groups in total. The van der Waals surface area contributed by atoms with Gasteiger partial charge in [-0.15, -0.1) is 0 Å². The zero-order chi connectivity index (χ0) is 27.8. The topological polar surface area (TPSA) is 6.25 Å². The molecule has 3 rings (SSSR count). The maximum atomic E-state index is 15.9. The van der Waals surface area contributed by atoms with E-state index in [-0.39, 0.29) is 42.6 Å². The van der Waals surface area contributed by atoms with Crippen LogP contribution in [0, 0.1) is 0 Å². The molecule has 0 bridgehead atoms. The molecule has 0 unspecified atom stereocenters. The molecule has 0 fully saturated rings. The average molecular weight is 522 g/mol. The molecular weight excluding hydrogens is 483 g/mol. The second kappa shape index (κ2) is 11.0. The number of para-hydroxylation sites is 2. The molecule has 1 aliphatic heterocycles. The van der Waals surface area contributed by atoms with Crippen LogP contribution in [0.25, 0.3) is 0 Å². The van der Waals surface area contributed by atoms with E-state index < -0.39 is 17.8 Å². The molecule has 0 aliphatic carbocycles. The zero-order valence-corrected chi connectivity index (χ0v) is 23.0. The second-order valence-corrected chi connectivity index (χ2v) is 10.9. The molecule has 0 spiro atoms. The van der Waals surface area contributed by atoms with Gasteiger partial charge in [0.15, 0.2) is 0 Å². The Balaban J connectivity index is 2.50. The van der Waals surface area contributed by atoms with Crippen LogP contribution in [-0.4, -0.2) is 29.7 Å². The molecule has 2 aromatic rings. The van der Waals surface area contributed by atoms with Crippen LogP contribution < -0.4 is 4.90 Å². The lowest BCUT2D eigenvalue weighted by Gasteiger charge is -2.24. The Bertz CT molecular complexity index is 1150. The highest BCUT2D eigenvalue weighted by atomic mass is 19.4. The molecule has 0 saturated heterocycles. The minimum Gasteiger partial charge on any atom is -0.220 e. The van der Waals surface area contributed by atoms with Crippen molar-refractivity contribution >= 4 is 17.2 Å². The molecule has 37 heavy (non-hydrogen) atoms. The van der Waals surface area contributed by atoms with E-state index in [4.69, 9.17) is 0 Å². The first-order chi connectivity index (χ1) is 17.2. The van der Waals surface area contributed by atoms with Crippen LogP contribution in [0.5, 0.6) is 0 Å². The van der Waals surface area contributed by atoms with Crippen molar-refractivity contribution < 1.29 is 26.5 Å². The van der Waals surface area contributed by atoms with Gasteiger partial charge in [0.25, 0.3) is 5.83 Å². The summed E-state index contributed by atoms with van der Waals surface area (Å²) >= 11 is 0. The smallest absolute Gasteiger partial charge is 0.220 e. The Morgan fingerprint density at radius 2 is 1.14 bits per heavy atom. The normalized spacial score (nSPS) is 15.6. The van der Waals surface area contributed by atoms with Crippen molar-refractivity contribution in [3.63, 3.8) is 0 Å². The summed E-state index contributed by atoms with van der Waals surface area (Å²) in [5, 5.41) is 0. The molecule has 2 nitrogen and oxygen atoms in total. The van der Waals surface area contributed by atoms with Crippen molar-refractivity contribution in [1.82, 2.24) is 0 Å². The predicted molar refractivity (Wildman–Crippen MR) is 142 cm³/mol. The largest absolute Gasteiger partial charge is 0.446 e. The third kappa shape index (κ3) is 5.60. The van der Waals surface area contributed by atoms with Crippen LogP contribution in [0.1, 0.15) is 101 Å². The van der Waals surface area contributed by atoms with Gasteiger partial charge in [-0.05, 0) is 23.7 Å². The molecule has 202 valence electrons. The van der Waals surface area contributed by atoms with Crippen molar-refractivity contribution in [3.05, 3.63) is 70.3 Å². The lowest BCUT2D eigenvalue weighted by molar-refractivity contribution is -0.430. The van der Waals surface area contributed by atoms with Gasteiger partial charge in [-0.3, -0.25) is 0 Å². The van der Waals surface area contributed by atoms with E-state index in [9.17, 15) is 17.6 Å². The van der Waals surface area contributed by atoms with E-state index in [1.54, 1.807) is 9.48 Å². The fourth-order valence-corrected chi connectivity index (χ4v) is 5.10. The first kappa shape index (κ1) is 28.9. The number of alkyl halides is 3. The van der Waals surface area contributed by atoms with Gasteiger partial charge in [0.1, 0.15) is 24.5 Å².